The summed E-state index contributed by atoms with van der Waals surface area (Å²) >= 11 is 0. The van der Waals surface area contributed by atoms with Crippen LogP contribution in [-0.2, 0) is 7.05 Å². The summed E-state index contributed by atoms with van der Waals surface area (Å²) in [6, 6.07) is 13.0. The molecule has 1 aliphatic heterocycles. The molecule has 0 atom stereocenters. The number of carbonyl (C=O) groups excluding carboxylic acids is 2. The number of aromatic amines is 1. The molecule has 5 rings (SSSR count). The normalized spacial score (nSPS) is 13.1. The topological polar surface area (TPSA) is 102 Å². The van der Waals surface area contributed by atoms with E-state index in [9.17, 15) is 9.59 Å². The van der Waals surface area contributed by atoms with Crippen molar-refractivity contribution in [1.82, 2.24) is 25.1 Å². The zero-order chi connectivity index (χ0) is 19.4. The van der Waals surface area contributed by atoms with Gasteiger partial charge in [0.15, 0.2) is 11.6 Å². The third-order valence-electron chi connectivity index (χ3n) is 4.82. The first kappa shape index (κ1) is 16.2. The Morgan fingerprint density at radius 2 is 1.75 bits per heavy atom. The minimum Gasteiger partial charge on any atom is -0.492 e. The predicted octanol–water partition coefficient (Wildman–Crippen LogP) is 2.52. The molecule has 0 spiro atoms. The van der Waals surface area contributed by atoms with Crippen LogP contribution in [-0.4, -0.2) is 38.7 Å². The molecule has 0 aliphatic carbocycles. The van der Waals surface area contributed by atoms with Crippen molar-refractivity contribution >= 4 is 22.8 Å². The lowest BCUT2D eigenvalue weighted by molar-refractivity contribution is 0.0879. The maximum atomic E-state index is 11.9. The van der Waals surface area contributed by atoms with Gasteiger partial charge >= 0.3 is 0 Å². The summed E-state index contributed by atoms with van der Waals surface area (Å²) in [5.41, 5.74) is 4.23. The summed E-state index contributed by atoms with van der Waals surface area (Å²) in [4.78, 5) is 31.6. The monoisotopic (exact) mass is 373 g/mol. The summed E-state index contributed by atoms with van der Waals surface area (Å²) in [5, 5.41) is 6.89. The molecular formula is C20H15N5O3. The van der Waals surface area contributed by atoms with E-state index in [4.69, 9.17) is 4.74 Å². The van der Waals surface area contributed by atoms with E-state index in [1.807, 2.05) is 37.4 Å². The molecule has 8 heteroatoms. The number of fused-ring (bicyclic) bond motifs is 2. The molecule has 2 amide bonds. The van der Waals surface area contributed by atoms with E-state index in [-0.39, 0.29) is 0 Å². The fourth-order valence-electron chi connectivity index (χ4n) is 3.53. The second kappa shape index (κ2) is 5.78. The zero-order valence-corrected chi connectivity index (χ0v) is 15.1. The summed E-state index contributed by atoms with van der Waals surface area (Å²) in [5.74, 6) is 0.327. The van der Waals surface area contributed by atoms with Crippen LogP contribution in [0.15, 0.2) is 42.5 Å². The number of benzene rings is 2. The van der Waals surface area contributed by atoms with Gasteiger partial charge in [0.1, 0.15) is 11.4 Å². The van der Waals surface area contributed by atoms with Crippen LogP contribution in [0.1, 0.15) is 20.7 Å². The Morgan fingerprint density at radius 1 is 1.04 bits per heavy atom. The van der Waals surface area contributed by atoms with Crippen LogP contribution in [0.4, 0.5) is 0 Å². The van der Waals surface area contributed by atoms with E-state index >= 15 is 0 Å². The molecule has 0 radical (unpaired) electrons. The second-order valence-electron chi connectivity index (χ2n) is 6.50. The first-order valence-electron chi connectivity index (χ1n) is 8.63. The number of imidazole rings is 1. The first-order valence-corrected chi connectivity index (χ1v) is 8.63. The van der Waals surface area contributed by atoms with Crippen molar-refractivity contribution in [2.45, 2.75) is 0 Å². The van der Waals surface area contributed by atoms with Crippen LogP contribution >= 0.6 is 0 Å². The molecule has 0 saturated carbocycles. The summed E-state index contributed by atoms with van der Waals surface area (Å²) < 4.78 is 7.35. The van der Waals surface area contributed by atoms with Gasteiger partial charge in [-0.1, -0.05) is 30.3 Å². The fraction of sp³-hybridized carbons (Fsp3) is 0.100. The Kier molecular flexibility index (Phi) is 3.35. The predicted molar refractivity (Wildman–Crippen MR) is 102 cm³/mol. The highest BCUT2D eigenvalue weighted by molar-refractivity contribution is 6.23. The van der Waals surface area contributed by atoms with Crippen molar-refractivity contribution in [2.24, 2.45) is 7.05 Å². The Bertz CT molecular complexity index is 1220. The summed E-state index contributed by atoms with van der Waals surface area (Å²) in [6.45, 7) is 0. The third kappa shape index (κ3) is 2.24. The highest BCUT2D eigenvalue weighted by atomic mass is 16.5. The van der Waals surface area contributed by atoms with E-state index < -0.39 is 11.8 Å². The number of ether oxygens (including phenoxy) is 1. The number of nitrogens with zero attached hydrogens (tertiary/aromatic N) is 3. The number of aryl methyl sites for hydroxylation is 1. The highest BCUT2D eigenvalue weighted by Crippen LogP contribution is 2.38. The molecule has 3 heterocycles. The molecule has 0 unspecified atom stereocenters. The van der Waals surface area contributed by atoms with Crippen LogP contribution in [0, 0.1) is 0 Å². The lowest BCUT2D eigenvalue weighted by Gasteiger charge is -2.03. The molecule has 2 N–H and O–H groups in total. The first-order chi connectivity index (χ1) is 13.6. The van der Waals surface area contributed by atoms with Crippen LogP contribution in [0.25, 0.3) is 33.8 Å². The van der Waals surface area contributed by atoms with E-state index in [0.717, 1.165) is 5.56 Å². The van der Waals surface area contributed by atoms with Crippen molar-refractivity contribution < 1.29 is 14.3 Å². The summed E-state index contributed by atoms with van der Waals surface area (Å²) in [7, 11) is 3.40. The maximum Gasteiger partial charge on any atom is 0.259 e. The molecule has 2 aromatic carbocycles. The molecule has 28 heavy (non-hydrogen) atoms. The number of amides is 2. The number of carbonyl (C=O) groups is 2. The maximum absolute atomic E-state index is 11.9. The number of methoxy groups -OCH3 is 1. The molecule has 0 bridgehead atoms. The van der Waals surface area contributed by atoms with Gasteiger partial charge in [0.2, 0.25) is 0 Å². The molecular weight excluding hydrogens is 358 g/mol. The van der Waals surface area contributed by atoms with Crippen molar-refractivity contribution in [3.05, 3.63) is 53.6 Å². The van der Waals surface area contributed by atoms with E-state index in [2.05, 4.69) is 20.4 Å². The van der Waals surface area contributed by atoms with Gasteiger partial charge < -0.3 is 9.72 Å². The van der Waals surface area contributed by atoms with Gasteiger partial charge in [-0.25, -0.2) is 4.98 Å². The lowest BCUT2D eigenvalue weighted by atomic mass is 10.1. The van der Waals surface area contributed by atoms with E-state index in [1.54, 1.807) is 23.9 Å². The average Bonchev–Trinajstić information content (AvgIpc) is 3.34. The van der Waals surface area contributed by atoms with Crippen LogP contribution in [0.3, 0.4) is 0 Å². The quantitative estimate of drug-likeness (QED) is 0.537. The Morgan fingerprint density at radius 3 is 2.46 bits per heavy atom. The smallest absolute Gasteiger partial charge is 0.259 e. The largest absolute Gasteiger partial charge is 0.492 e. The minimum atomic E-state index is -0.407. The number of aromatic nitrogens is 4. The van der Waals surface area contributed by atoms with Crippen molar-refractivity contribution in [3.63, 3.8) is 0 Å². The van der Waals surface area contributed by atoms with E-state index in [1.165, 1.54) is 0 Å². The van der Waals surface area contributed by atoms with Crippen LogP contribution in [0.5, 0.6) is 5.75 Å². The number of rotatable bonds is 3. The Labute approximate surface area is 159 Å². The molecule has 2 aromatic heterocycles. The zero-order valence-electron chi connectivity index (χ0n) is 15.1. The van der Waals surface area contributed by atoms with E-state index in [0.29, 0.717) is 45.1 Å². The van der Waals surface area contributed by atoms with Crippen molar-refractivity contribution in [2.75, 3.05) is 7.11 Å². The fourth-order valence-corrected chi connectivity index (χ4v) is 3.53. The molecule has 138 valence electrons. The average molecular weight is 373 g/mol. The summed E-state index contributed by atoms with van der Waals surface area (Å²) in [6.07, 6.45) is 0. The third-order valence-corrected chi connectivity index (χ3v) is 4.82. The number of imide groups is 1. The number of hydrogen-bond donors (Lipinski definition) is 2. The van der Waals surface area contributed by atoms with Gasteiger partial charge in [0.25, 0.3) is 11.8 Å². The number of nitrogens with one attached hydrogen (secondary N) is 2. The number of hydrogen-bond acceptors (Lipinski definition) is 5. The number of H-pyrrole nitrogens is 1. The molecule has 4 aromatic rings. The van der Waals surface area contributed by atoms with Crippen LogP contribution < -0.4 is 10.1 Å². The standard InChI is InChI=1S/C20H15N5O3/c1-25-16(17(28-2)15(24-25)10-6-4-3-5-7-10)18-21-13-8-11-12(9-14(13)22-18)20(27)23-19(11)26/h3-9H,1-2H3,(H,21,22)(H,23,26,27). The van der Waals surface area contributed by atoms with Gasteiger partial charge in [-0.05, 0) is 12.1 Å². The Hall–Kier alpha value is -3.94. The molecule has 0 fully saturated rings. The van der Waals surface area contributed by atoms with Gasteiger partial charge in [0.05, 0.1) is 29.3 Å². The van der Waals surface area contributed by atoms with Gasteiger partial charge in [-0.3, -0.25) is 19.6 Å². The minimum absolute atomic E-state index is 0.331. The van der Waals surface area contributed by atoms with Gasteiger partial charge in [-0.2, -0.15) is 5.10 Å². The van der Waals surface area contributed by atoms with Gasteiger partial charge in [0, 0.05) is 12.6 Å². The molecule has 1 aliphatic rings. The van der Waals surface area contributed by atoms with Crippen molar-refractivity contribution in [1.29, 1.82) is 0 Å². The van der Waals surface area contributed by atoms with Crippen molar-refractivity contribution in [3.8, 4) is 28.5 Å². The SMILES string of the molecule is COc1c(-c2ccccc2)nn(C)c1-c1nc2cc3c(cc2[nH]1)C(=O)NC3=O. The molecule has 8 nitrogen and oxygen atoms in total. The Balaban J connectivity index is 1.70. The second-order valence-corrected chi connectivity index (χ2v) is 6.50. The molecule has 0 saturated heterocycles. The van der Waals surface area contributed by atoms with Gasteiger partial charge in [-0.15, -0.1) is 0 Å². The lowest BCUT2D eigenvalue weighted by Crippen LogP contribution is -2.19. The van der Waals surface area contributed by atoms with Crippen LogP contribution in [0.2, 0.25) is 0 Å². The highest BCUT2D eigenvalue weighted by Gasteiger charge is 2.29.